The number of piperidine rings is 1. The second-order valence-electron chi connectivity index (χ2n) is 7.31. The predicted octanol–water partition coefficient (Wildman–Crippen LogP) is 2.87. The minimum absolute atomic E-state index is 0.122. The fourth-order valence-corrected chi connectivity index (χ4v) is 5.47. The number of fused-ring (bicyclic) bond motifs is 1. The van der Waals surface area contributed by atoms with Gasteiger partial charge >= 0.3 is 4.87 Å². The molecule has 0 saturated carbocycles. The lowest BCUT2D eigenvalue weighted by atomic mass is 10.1. The first-order valence-corrected chi connectivity index (χ1v) is 11.7. The standard InChI is InChI=1S/C20H23N3O4S2/c1-22-11-9-16(10-12-22)27-15-5-3-14(4-6-15)21-29(25,26)17-7-8-18-19(13-17)28-20(24)23(18)2/h3-8,13,16,21H,9-12H2,1-2H3. The fourth-order valence-electron chi connectivity index (χ4n) is 3.39. The van der Waals surface area contributed by atoms with E-state index in [-0.39, 0.29) is 15.9 Å². The molecular formula is C20H23N3O4S2. The predicted molar refractivity (Wildman–Crippen MR) is 115 cm³/mol. The maximum absolute atomic E-state index is 12.7. The summed E-state index contributed by atoms with van der Waals surface area (Å²) in [5, 5.41) is 0. The Balaban J connectivity index is 1.47. The molecule has 2 aromatic carbocycles. The smallest absolute Gasteiger partial charge is 0.307 e. The number of nitrogens with one attached hydrogen (secondary N) is 1. The SMILES string of the molecule is CN1CCC(Oc2ccc(NS(=O)(=O)c3ccc4c(c3)sc(=O)n4C)cc2)CC1. The maximum Gasteiger partial charge on any atom is 0.307 e. The molecule has 1 N–H and O–H groups in total. The van der Waals surface area contributed by atoms with Gasteiger partial charge in [0.05, 0.1) is 15.1 Å². The van der Waals surface area contributed by atoms with Crippen LogP contribution in [0.5, 0.6) is 5.75 Å². The van der Waals surface area contributed by atoms with E-state index >= 15 is 0 Å². The van der Waals surface area contributed by atoms with Gasteiger partial charge in [-0.25, -0.2) is 8.42 Å². The lowest BCUT2D eigenvalue weighted by Gasteiger charge is -2.29. The first kappa shape index (κ1) is 19.9. The van der Waals surface area contributed by atoms with Crippen molar-refractivity contribution in [2.45, 2.75) is 23.8 Å². The van der Waals surface area contributed by atoms with Crippen molar-refractivity contribution in [3.05, 3.63) is 52.1 Å². The summed E-state index contributed by atoms with van der Waals surface area (Å²) < 4.78 is 36.2. The highest BCUT2D eigenvalue weighted by molar-refractivity contribution is 7.92. The van der Waals surface area contributed by atoms with Gasteiger partial charge in [-0.1, -0.05) is 11.3 Å². The molecule has 0 spiro atoms. The van der Waals surface area contributed by atoms with Crippen molar-refractivity contribution in [3.63, 3.8) is 0 Å². The number of nitrogens with zero attached hydrogens (tertiary/aromatic N) is 2. The lowest BCUT2D eigenvalue weighted by Crippen LogP contribution is -2.35. The number of benzene rings is 2. The number of anilines is 1. The molecule has 154 valence electrons. The van der Waals surface area contributed by atoms with E-state index in [9.17, 15) is 13.2 Å². The monoisotopic (exact) mass is 433 g/mol. The van der Waals surface area contributed by atoms with E-state index in [4.69, 9.17) is 4.74 Å². The summed E-state index contributed by atoms with van der Waals surface area (Å²) in [6.07, 6.45) is 2.16. The van der Waals surface area contributed by atoms with Gasteiger partial charge in [-0.15, -0.1) is 0 Å². The van der Waals surface area contributed by atoms with Gasteiger partial charge in [0, 0.05) is 25.8 Å². The van der Waals surface area contributed by atoms with Crippen molar-refractivity contribution >= 4 is 37.3 Å². The van der Waals surface area contributed by atoms with Crippen LogP contribution in [0, 0.1) is 0 Å². The van der Waals surface area contributed by atoms with Crippen molar-refractivity contribution in [1.82, 2.24) is 9.47 Å². The van der Waals surface area contributed by atoms with Crippen LogP contribution in [0.15, 0.2) is 52.2 Å². The van der Waals surface area contributed by atoms with Gasteiger partial charge in [-0.3, -0.25) is 9.52 Å². The Morgan fingerprint density at radius 2 is 1.76 bits per heavy atom. The van der Waals surface area contributed by atoms with Gasteiger partial charge in [-0.2, -0.15) is 0 Å². The van der Waals surface area contributed by atoms with Gasteiger partial charge in [0.2, 0.25) is 0 Å². The first-order valence-electron chi connectivity index (χ1n) is 9.39. The van der Waals surface area contributed by atoms with Gasteiger partial charge < -0.3 is 14.2 Å². The molecule has 0 atom stereocenters. The molecular weight excluding hydrogens is 410 g/mol. The Morgan fingerprint density at radius 3 is 2.45 bits per heavy atom. The zero-order valence-corrected chi connectivity index (χ0v) is 17.9. The molecule has 0 bridgehead atoms. The zero-order chi connectivity index (χ0) is 20.6. The van der Waals surface area contributed by atoms with Gasteiger partial charge in [0.1, 0.15) is 11.9 Å². The molecule has 0 unspecified atom stereocenters. The van der Waals surface area contributed by atoms with Gasteiger partial charge in [0.15, 0.2) is 0 Å². The van der Waals surface area contributed by atoms with Crippen molar-refractivity contribution in [3.8, 4) is 5.75 Å². The molecule has 7 nitrogen and oxygen atoms in total. The third-order valence-electron chi connectivity index (χ3n) is 5.15. The summed E-state index contributed by atoms with van der Waals surface area (Å²) in [5.74, 6) is 0.734. The summed E-state index contributed by atoms with van der Waals surface area (Å²) in [6, 6.07) is 11.6. The largest absolute Gasteiger partial charge is 0.490 e. The van der Waals surface area contributed by atoms with Crippen molar-refractivity contribution in [1.29, 1.82) is 0 Å². The molecule has 29 heavy (non-hydrogen) atoms. The molecule has 1 saturated heterocycles. The van der Waals surface area contributed by atoms with E-state index in [2.05, 4.69) is 16.7 Å². The average Bonchev–Trinajstić information content (AvgIpc) is 2.98. The summed E-state index contributed by atoms with van der Waals surface area (Å²) in [6.45, 7) is 2.03. The maximum atomic E-state index is 12.7. The third kappa shape index (κ3) is 4.31. The highest BCUT2D eigenvalue weighted by atomic mass is 32.2. The zero-order valence-electron chi connectivity index (χ0n) is 16.3. The summed E-state index contributed by atoms with van der Waals surface area (Å²) in [4.78, 5) is 14.1. The number of sulfonamides is 1. The number of hydrogen-bond donors (Lipinski definition) is 1. The molecule has 1 aromatic heterocycles. The number of thiazole rings is 1. The second kappa shape index (κ2) is 7.81. The summed E-state index contributed by atoms with van der Waals surface area (Å²) >= 11 is 1.03. The van der Waals surface area contributed by atoms with E-state index in [0.29, 0.717) is 15.9 Å². The van der Waals surface area contributed by atoms with E-state index < -0.39 is 10.0 Å². The summed E-state index contributed by atoms with van der Waals surface area (Å²) in [5.41, 5.74) is 1.18. The van der Waals surface area contributed by atoms with Crippen LogP contribution in [0.1, 0.15) is 12.8 Å². The Hall–Kier alpha value is -2.36. The fraction of sp³-hybridized carbons (Fsp3) is 0.350. The van der Waals surface area contributed by atoms with Crippen LogP contribution < -0.4 is 14.3 Å². The minimum atomic E-state index is -3.76. The molecule has 1 aliphatic rings. The van der Waals surface area contributed by atoms with E-state index in [0.717, 1.165) is 43.0 Å². The minimum Gasteiger partial charge on any atom is -0.490 e. The number of ether oxygens (including phenoxy) is 1. The van der Waals surface area contributed by atoms with Crippen LogP contribution in [0.2, 0.25) is 0 Å². The van der Waals surface area contributed by atoms with E-state index in [1.165, 1.54) is 16.7 Å². The second-order valence-corrected chi connectivity index (χ2v) is 9.98. The number of likely N-dealkylation sites (tertiary alicyclic amines) is 1. The first-order chi connectivity index (χ1) is 13.8. The van der Waals surface area contributed by atoms with Crippen LogP contribution in [0.4, 0.5) is 5.69 Å². The molecule has 3 aromatic rings. The highest BCUT2D eigenvalue weighted by Gasteiger charge is 2.19. The van der Waals surface area contributed by atoms with Crippen LogP contribution in [-0.2, 0) is 17.1 Å². The quantitative estimate of drug-likeness (QED) is 0.669. The molecule has 0 radical (unpaired) electrons. The average molecular weight is 434 g/mol. The Kier molecular flexibility index (Phi) is 5.37. The Morgan fingerprint density at radius 1 is 1.07 bits per heavy atom. The molecule has 2 heterocycles. The van der Waals surface area contributed by atoms with E-state index in [1.807, 2.05) is 0 Å². The molecule has 1 fully saturated rings. The number of hydrogen-bond acceptors (Lipinski definition) is 6. The van der Waals surface area contributed by atoms with Gasteiger partial charge in [-0.05, 0) is 62.4 Å². The Bertz CT molecular complexity index is 1170. The van der Waals surface area contributed by atoms with Crippen LogP contribution in [0.3, 0.4) is 0 Å². The molecule has 4 rings (SSSR count). The molecule has 1 aliphatic heterocycles. The number of aromatic nitrogens is 1. The van der Waals surface area contributed by atoms with Crippen LogP contribution in [0.25, 0.3) is 10.2 Å². The molecule has 0 amide bonds. The highest BCUT2D eigenvalue weighted by Crippen LogP contribution is 2.25. The number of aryl methyl sites for hydroxylation is 1. The van der Waals surface area contributed by atoms with Crippen LogP contribution in [-0.4, -0.2) is 44.1 Å². The normalized spacial score (nSPS) is 16.2. The van der Waals surface area contributed by atoms with Crippen molar-refractivity contribution in [2.24, 2.45) is 7.05 Å². The van der Waals surface area contributed by atoms with Crippen LogP contribution >= 0.6 is 11.3 Å². The van der Waals surface area contributed by atoms with Crippen molar-refractivity contribution in [2.75, 3.05) is 24.9 Å². The molecule has 9 heteroatoms. The third-order valence-corrected chi connectivity index (χ3v) is 7.52. The number of rotatable bonds is 5. The van der Waals surface area contributed by atoms with E-state index in [1.54, 1.807) is 37.4 Å². The van der Waals surface area contributed by atoms with Crippen molar-refractivity contribution < 1.29 is 13.2 Å². The lowest BCUT2D eigenvalue weighted by molar-refractivity contribution is 0.114. The topological polar surface area (TPSA) is 80.6 Å². The van der Waals surface area contributed by atoms with Gasteiger partial charge in [0.25, 0.3) is 10.0 Å². The Labute approximate surface area is 173 Å². The molecule has 0 aliphatic carbocycles. The summed E-state index contributed by atoms with van der Waals surface area (Å²) in [7, 11) is 0.0180.